The molecule has 1 aliphatic rings. The summed E-state index contributed by atoms with van der Waals surface area (Å²) in [6, 6.07) is 111. The van der Waals surface area contributed by atoms with Gasteiger partial charge in [-0.15, -0.1) is 0 Å². The number of fused-ring (bicyclic) bond motifs is 4. The summed E-state index contributed by atoms with van der Waals surface area (Å²) in [6.45, 7) is 3.79. The minimum Gasteiger partial charge on any atom is -0.308 e. The number of hydrogen-bond donors (Lipinski definition) is 1. The van der Waals surface area contributed by atoms with Crippen LogP contribution in [0.1, 0.15) is 23.5 Å². The average molecular weight is 1230 g/mol. The molecule has 1 aliphatic heterocycles. The van der Waals surface area contributed by atoms with Crippen LogP contribution in [-0.4, -0.2) is 32.4 Å². The number of nitrogens with zero attached hydrogens (tertiary/aromatic N) is 5. The lowest BCUT2D eigenvalue weighted by molar-refractivity contribution is 0.909. The molecule has 2 aromatic heterocycles. The largest absolute Gasteiger partial charge is 0.308 e. The van der Waals surface area contributed by atoms with Crippen molar-refractivity contribution in [3.05, 3.63) is 358 Å². The molecule has 0 bridgehead atoms. The predicted molar refractivity (Wildman–Crippen MR) is 403 cm³/mol. The van der Waals surface area contributed by atoms with Crippen LogP contribution >= 0.6 is 0 Å². The van der Waals surface area contributed by atoms with Crippen LogP contribution in [0, 0.1) is 5.41 Å². The summed E-state index contributed by atoms with van der Waals surface area (Å²) in [5.74, 6) is 1.67. The summed E-state index contributed by atoms with van der Waals surface area (Å²) < 4.78 is 0. The third-order valence-electron chi connectivity index (χ3n) is 17.9. The van der Waals surface area contributed by atoms with Gasteiger partial charge < -0.3 is 5.41 Å². The first-order chi connectivity index (χ1) is 47.5. The van der Waals surface area contributed by atoms with Crippen LogP contribution in [-0.2, 0) is 0 Å². The molecule has 0 fully saturated rings. The fraction of sp³-hybridized carbons (Fsp3) is 0.0222. The van der Waals surface area contributed by atoms with Crippen molar-refractivity contribution < 1.29 is 0 Å². The molecular formula is C90H64N6. The number of nitrogens with one attached hydrogen (secondary N) is 1. The Morgan fingerprint density at radius 3 is 1.38 bits per heavy atom. The lowest BCUT2D eigenvalue weighted by Gasteiger charge is -2.14. The Kier molecular flexibility index (Phi) is 17.0. The minimum absolute atomic E-state index is 0.305. The molecule has 1 atom stereocenters. The number of aromatic nitrogens is 4. The number of hydrogen-bond acceptors (Lipinski definition) is 6. The number of aliphatic imine (C=N–C) groups is 1. The molecule has 0 saturated heterocycles. The molecule has 15 aromatic rings. The van der Waals surface area contributed by atoms with E-state index >= 15 is 0 Å². The Bertz CT molecular complexity index is 5420. The lowest BCUT2D eigenvalue weighted by atomic mass is 9.92. The van der Waals surface area contributed by atoms with Gasteiger partial charge in [0.2, 0.25) is 0 Å². The summed E-state index contributed by atoms with van der Waals surface area (Å²) in [5.41, 5.74) is 21.9. The van der Waals surface area contributed by atoms with Gasteiger partial charge in [0.05, 0.1) is 22.8 Å². The second-order valence-electron chi connectivity index (χ2n) is 23.9. The van der Waals surface area contributed by atoms with Gasteiger partial charge in [0.1, 0.15) is 0 Å². The smallest absolute Gasteiger partial charge is 0.160 e. The topological polar surface area (TPSA) is 87.8 Å². The zero-order valence-corrected chi connectivity index (χ0v) is 52.7. The zero-order chi connectivity index (χ0) is 64.6. The summed E-state index contributed by atoms with van der Waals surface area (Å²) >= 11 is 0. The minimum atomic E-state index is 0.305. The second kappa shape index (κ2) is 27.3. The monoisotopic (exact) mass is 1230 g/mol. The molecule has 6 nitrogen and oxygen atoms in total. The maximum Gasteiger partial charge on any atom is 0.160 e. The van der Waals surface area contributed by atoms with Crippen LogP contribution in [0.15, 0.2) is 351 Å². The lowest BCUT2D eigenvalue weighted by Crippen LogP contribution is -2.01. The van der Waals surface area contributed by atoms with Crippen molar-refractivity contribution in [2.75, 3.05) is 0 Å². The summed E-state index contributed by atoms with van der Waals surface area (Å²) in [6.07, 6.45) is 11.9. The van der Waals surface area contributed by atoms with Crippen molar-refractivity contribution in [2.45, 2.75) is 12.3 Å². The van der Waals surface area contributed by atoms with Gasteiger partial charge in [-0.3, -0.25) is 4.99 Å². The van der Waals surface area contributed by atoms with Gasteiger partial charge in [0.25, 0.3) is 0 Å². The Labute approximate surface area is 559 Å². The SMILES string of the molecule is C1=CN=CC(c2ccc(-c3cc(-c4ccc(-c5cccc6ccccc56)cc4)nc(-c4ccc(-c5ccccc5)cc4)n3)cc2)C1.C=C/C=C(\C=N)c1ccc(-c2cc(-c3ccc(-c4cc5ccccc5c5ccccc45)cc3)nc(-c3cccc(-c4ccccc4)c3)n2)cc1. The first-order valence-electron chi connectivity index (χ1n) is 32.4. The highest BCUT2D eigenvalue weighted by atomic mass is 14.9. The highest BCUT2D eigenvalue weighted by Gasteiger charge is 2.17. The van der Waals surface area contributed by atoms with Gasteiger partial charge in [0, 0.05) is 57.9 Å². The normalized spacial score (nSPS) is 12.7. The first-order valence-corrected chi connectivity index (χ1v) is 32.4. The zero-order valence-electron chi connectivity index (χ0n) is 52.7. The van der Waals surface area contributed by atoms with E-state index in [-0.39, 0.29) is 0 Å². The van der Waals surface area contributed by atoms with E-state index in [0.717, 1.165) is 90.4 Å². The van der Waals surface area contributed by atoms with Gasteiger partial charge >= 0.3 is 0 Å². The fourth-order valence-corrected chi connectivity index (χ4v) is 12.9. The van der Waals surface area contributed by atoms with Crippen LogP contribution < -0.4 is 0 Å². The molecule has 96 heavy (non-hydrogen) atoms. The highest BCUT2D eigenvalue weighted by molar-refractivity contribution is 6.14. The van der Waals surface area contributed by atoms with E-state index < -0.39 is 0 Å². The average Bonchev–Trinajstić information content (AvgIpc) is 0.781. The summed E-state index contributed by atoms with van der Waals surface area (Å²) in [4.78, 5) is 24.8. The van der Waals surface area contributed by atoms with Crippen LogP contribution in [0.4, 0.5) is 0 Å². The van der Waals surface area contributed by atoms with Gasteiger partial charge in [-0.2, -0.15) is 0 Å². The maximum atomic E-state index is 7.83. The van der Waals surface area contributed by atoms with Crippen molar-refractivity contribution in [1.29, 1.82) is 5.41 Å². The molecule has 13 aromatic carbocycles. The molecule has 454 valence electrons. The Morgan fingerprint density at radius 1 is 0.344 bits per heavy atom. The molecule has 0 saturated carbocycles. The van der Waals surface area contributed by atoms with Gasteiger partial charge in [-0.25, -0.2) is 19.9 Å². The maximum absolute atomic E-state index is 7.83. The van der Waals surface area contributed by atoms with E-state index in [9.17, 15) is 0 Å². The molecule has 1 unspecified atom stereocenters. The van der Waals surface area contributed by atoms with E-state index in [2.05, 4.69) is 309 Å². The van der Waals surface area contributed by atoms with E-state index in [1.54, 1.807) is 6.08 Å². The highest BCUT2D eigenvalue weighted by Crippen LogP contribution is 2.39. The van der Waals surface area contributed by atoms with Crippen molar-refractivity contribution in [3.63, 3.8) is 0 Å². The van der Waals surface area contributed by atoms with Crippen LogP contribution in [0.25, 0.3) is 150 Å². The van der Waals surface area contributed by atoms with Crippen molar-refractivity contribution in [2.24, 2.45) is 4.99 Å². The molecule has 1 N–H and O–H groups in total. The molecular weight excluding hydrogens is 1170 g/mol. The predicted octanol–water partition coefficient (Wildman–Crippen LogP) is 23.4. The Hall–Kier alpha value is -12.6. The Balaban J connectivity index is 0.000000158. The molecule has 0 aliphatic carbocycles. The molecule has 3 heterocycles. The van der Waals surface area contributed by atoms with E-state index in [0.29, 0.717) is 17.6 Å². The number of rotatable bonds is 14. The molecule has 0 spiro atoms. The standard InChI is InChI=1S/C47H33N3.C43H31N3/c1-2-11-40(31-48)33-20-24-35(25-21-33)45-30-46(50-47(49-45)39-16-10-15-37(28-39)32-12-4-3-5-13-32)36-26-22-34(23-27-36)44-29-38-14-6-7-17-41(38)42-18-8-9-19-43(42)44;1-2-8-30(9-3-1)31-17-25-37(26-18-31)43-45-41(35-21-15-32(16-22-35)38-12-7-27-44-29-38)28-42(46-43)36-23-19-34(20-24-36)40-14-6-11-33-10-4-5-13-39(33)40/h2-31,48H,1H2;1-11,13-29,38H,12H2/b40-11+,48-31?;. The first kappa shape index (κ1) is 59.7. The number of benzene rings is 13. The van der Waals surface area contributed by atoms with E-state index in [4.69, 9.17) is 25.3 Å². The second-order valence-corrected chi connectivity index (χ2v) is 23.9. The Morgan fingerprint density at radius 2 is 0.781 bits per heavy atom. The quantitative estimate of drug-likeness (QED) is 0.0667. The number of allylic oxidation sites excluding steroid dienone is 4. The van der Waals surface area contributed by atoms with Gasteiger partial charge in [-0.1, -0.05) is 316 Å². The van der Waals surface area contributed by atoms with Gasteiger partial charge in [0.15, 0.2) is 11.6 Å². The van der Waals surface area contributed by atoms with Crippen LogP contribution in [0.5, 0.6) is 0 Å². The van der Waals surface area contributed by atoms with Crippen LogP contribution in [0.3, 0.4) is 0 Å². The van der Waals surface area contributed by atoms with Crippen LogP contribution in [0.2, 0.25) is 0 Å². The van der Waals surface area contributed by atoms with E-state index in [1.807, 2.05) is 42.8 Å². The third-order valence-corrected chi connectivity index (χ3v) is 17.9. The third kappa shape index (κ3) is 12.7. The molecule has 6 heteroatoms. The molecule has 0 amide bonds. The van der Waals surface area contributed by atoms with Crippen molar-refractivity contribution in [1.82, 2.24) is 19.9 Å². The fourth-order valence-electron chi connectivity index (χ4n) is 12.9. The summed E-state index contributed by atoms with van der Waals surface area (Å²) in [5, 5.41) is 15.3. The molecule has 0 radical (unpaired) electrons. The van der Waals surface area contributed by atoms with Crippen molar-refractivity contribution >= 4 is 50.3 Å². The van der Waals surface area contributed by atoms with Gasteiger partial charge in [-0.05, 0) is 124 Å². The van der Waals surface area contributed by atoms with Crippen molar-refractivity contribution in [3.8, 4) is 112 Å². The van der Waals surface area contributed by atoms with E-state index in [1.165, 1.54) is 71.9 Å². The molecule has 16 rings (SSSR count). The summed E-state index contributed by atoms with van der Waals surface area (Å²) in [7, 11) is 0.